The summed E-state index contributed by atoms with van der Waals surface area (Å²) in [6, 6.07) is 12.9. The Bertz CT molecular complexity index is 1310. The van der Waals surface area contributed by atoms with Crippen molar-refractivity contribution < 1.29 is 14.6 Å². The second-order valence-electron chi connectivity index (χ2n) is 7.23. The first-order chi connectivity index (χ1) is 15.5. The van der Waals surface area contributed by atoms with Crippen molar-refractivity contribution in [3.05, 3.63) is 77.3 Å². The lowest BCUT2D eigenvalue weighted by atomic mass is 10.1. The summed E-state index contributed by atoms with van der Waals surface area (Å²) < 4.78 is 5.31. The highest BCUT2D eigenvalue weighted by Crippen LogP contribution is 2.32. The van der Waals surface area contributed by atoms with Gasteiger partial charge in [-0.3, -0.25) is 0 Å². The molecule has 6 nitrogen and oxygen atoms in total. The highest BCUT2D eigenvalue weighted by molar-refractivity contribution is 7.13. The van der Waals surface area contributed by atoms with Gasteiger partial charge < -0.3 is 15.2 Å². The molecule has 0 saturated carbocycles. The van der Waals surface area contributed by atoms with Crippen LogP contribution >= 0.6 is 11.3 Å². The van der Waals surface area contributed by atoms with Crippen molar-refractivity contribution in [2.45, 2.75) is 19.8 Å². The lowest BCUT2D eigenvalue weighted by Crippen LogP contribution is -2.07. The van der Waals surface area contributed by atoms with Gasteiger partial charge in [0.25, 0.3) is 0 Å². The van der Waals surface area contributed by atoms with Gasteiger partial charge in [-0.1, -0.05) is 25.1 Å². The van der Waals surface area contributed by atoms with E-state index in [-0.39, 0.29) is 5.56 Å². The van der Waals surface area contributed by atoms with Crippen molar-refractivity contribution in [1.29, 1.82) is 0 Å². The molecule has 32 heavy (non-hydrogen) atoms. The number of allylic oxidation sites excluding steroid dienone is 1. The zero-order valence-corrected chi connectivity index (χ0v) is 18.7. The number of nitrogens with zero attached hydrogens (tertiary/aromatic N) is 2. The van der Waals surface area contributed by atoms with E-state index in [9.17, 15) is 9.90 Å². The van der Waals surface area contributed by atoms with E-state index in [1.165, 1.54) is 0 Å². The number of anilines is 2. The second-order valence-corrected chi connectivity index (χ2v) is 8.14. The third-order valence-electron chi connectivity index (χ3n) is 5.16. The number of hydrogen-bond donors (Lipinski definition) is 2. The first kappa shape index (κ1) is 21.5. The minimum atomic E-state index is -0.936. The maximum absolute atomic E-state index is 11.2. The van der Waals surface area contributed by atoms with Crippen LogP contribution in [0.25, 0.3) is 21.5 Å². The Hall–Kier alpha value is -3.71. The maximum Gasteiger partial charge on any atom is 0.335 e. The number of fused-ring (bicyclic) bond motifs is 1. The minimum absolute atomic E-state index is 0.269. The summed E-state index contributed by atoms with van der Waals surface area (Å²) in [4.78, 5) is 21.8. The number of hydrogen-bond acceptors (Lipinski definition) is 6. The molecule has 0 radical (unpaired) electrons. The van der Waals surface area contributed by atoms with E-state index in [1.54, 1.807) is 30.6 Å². The Morgan fingerprint density at radius 3 is 2.66 bits per heavy atom. The van der Waals surface area contributed by atoms with Crippen LogP contribution in [0.4, 0.5) is 11.5 Å². The SMILES string of the molecule is C=CCc1c(CC)nc(-c2cc(OC)cs2)nc1Nc1ccc2cc(C(=O)O)ccc2c1. The number of carboxylic acids is 1. The fourth-order valence-corrected chi connectivity index (χ4v) is 4.32. The third-order valence-corrected chi connectivity index (χ3v) is 6.06. The summed E-state index contributed by atoms with van der Waals surface area (Å²) in [7, 11) is 1.64. The number of nitrogens with one attached hydrogen (secondary N) is 1. The normalized spacial score (nSPS) is 10.8. The molecular weight excluding hydrogens is 422 g/mol. The number of rotatable bonds is 8. The van der Waals surface area contributed by atoms with Crippen LogP contribution < -0.4 is 10.1 Å². The molecule has 0 aliphatic carbocycles. The number of aromatic carboxylic acids is 1. The number of aryl methyl sites for hydroxylation is 1. The molecule has 0 saturated heterocycles. The van der Waals surface area contributed by atoms with Crippen molar-refractivity contribution in [3.63, 3.8) is 0 Å². The summed E-state index contributed by atoms with van der Waals surface area (Å²) >= 11 is 1.54. The standard InChI is InChI=1S/C25H23N3O3S/c1-4-6-20-21(5-2)27-24(22-13-19(31-3)14-32-22)28-23(20)26-18-10-9-15-11-17(25(29)30)8-7-16(15)12-18/h4,7-14H,1,5-6H2,2-3H3,(H,29,30)(H,26,27,28). The Morgan fingerprint density at radius 2 is 1.97 bits per heavy atom. The fourth-order valence-electron chi connectivity index (χ4n) is 3.53. The van der Waals surface area contributed by atoms with Gasteiger partial charge in [0.15, 0.2) is 5.82 Å². The first-order valence-electron chi connectivity index (χ1n) is 10.2. The Morgan fingerprint density at radius 1 is 1.19 bits per heavy atom. The predicted octanol–water partition coefficient (Wildman–Crippen LogP) is 6.10. The largest absolute Gasteiger partial charge is 0.496 e. The number of ether oxygens (including phenoxy) is 1. The Labute approximate surface area is 190 Å². The molecule has 2 heterocycles. The number of carboxylic acid groups (broad SMARTS) is 1. The van der Waals surface area contributed by atoms with E-state index in [1.807, 2.05) is 41.8 Å². The summed E-state index contributed by atoms with van der Waals surface area (Å²) in [6.07, 6.45) is 3.27. The molecule has 2 aromatic heterocycles. The van der Waals surface area contributed by atoms with E-state index < -0.39 is 5.97 Å². The van der Waals surface area contributed by atoms with Gasteiger partial charge >= 0.3 is 5.97 Å². The van der Waals surface area contributed by atoms with Gasteiger partial charge in [0.2, 0.25) is 0 Å². The van der Waals surface area contributed by atoms with Gasteiger partial charge in [-0.05, 0) is 47.9 Å². The molecule has 2 aromatic carbocycles. The molecule has 0 spiro atoms. The predicted molar refractivity (Wildman–Crippen MR) is 129 cm³/mol. The molecule has 2 N–H and O–H groups in total. The lowest BCUT2D eigenvalue weighted by Gasteiger charge is -2.15. The molecule has 0 atom stereocenters. The van der Waals surface area contributed by atoms with Crippen molar-refractivity contribution >= 4 is 39.6 Å². The van der Waals surface area contributed by atoms with E-state index in [0.717, 1.165) is 50.6 Å². The van der Waals surface area contributed by atoms with Crippen LogP contribution in [0.1, 0.15) is 28.5 Å². The fraction of sp³-hybridized carbons (Fsp3) is 0.160. The molecule has 0 bridgehead atoms. The van der Waals surface area contributed by atoms with Crippen LogP contribution in [0, 0.1) is 0 Å². The molecule has 4 aromatic rings. The number of carbonyl (C=O) groups is 1. The van der Waals surface area contributed by atoms with Crippen molar-refractivity contribution in [2.75, 3.05) is 12.4 Å². The Kier molecular flexibility index (Phi) is 6.18. The molecule has 0 aliphatic rings. The van der Waals surface area contributed by atoms with Gasteiger partial charge in [0.05, 0.1) is 17.6 Å². The average Bonchev–Trinajstić information content (AvgIpc) is 3.29. The number of thiophene rings is 1. The number of methoxy groups -OCH3 is 1. The molecule has 4 rings (SSSR count). The van der Waals surface area contributed by atoms with Crippen molar-refractivity contribution in [3.8, 4) is 16.5 Å². The second kappa shape index (κ2) is 9.20. The van der Waals surface area contributed by atoms with Crippen molar-refractivity contribution in [2.24, 2.45) is 0 Å². The summed E-state index contributed by atoms with van der Waals surface area (Å²) in [5.41, 5.74) is 3.11. The zero-order chi connectivity index (χ0) is 22.7. The van der Waals surface area contributed by atoms with E-state index >= 15 is 0 Å². The number of benzene rings is 2. The van der Waals surface area contributed by atoms with Gasteiger partial charge in [-0.15, -0.1) is 17.9 Å². The first-order valence-corrected chi connectivity index (χ1v) is 11.1. The molecule has 0 fully saturated rings. The molecule has 0 unspecified atom stereocenters. The smallest absolute Gasteiger partial charge is 0.335 e. The summed E-state index contributed by atoms with van der Waals surface area (Å²) in [5, 5.41) is 16.4. The van der Waals surface area contributed by atoms with Gasteiger partial charge in [-0.25, -0.2) is 14.8 Å². The molecule has 0 amide bonds. The van der Waals surface area contributed by atoms with Gasteiger partial charge in [0.1, 0.15) is 11.6 Å². The minimum Gasteiger partial charge on any atom is -0.496 e. The lowest BCUT2D eigenvalue weighted by molar-refractivity contribution is 0.0697. The van der Waals surface area contributed by atoms with Crippen molar-refractivity contribution in [1.82, 2.24) is 9.97 Å². The van der Waals surface area contributed by atoms with Crippen LogP contribution in [0.5, 0.6) is 5.75 Å². The third kappa shape index (κ3) is 4.33. The quantitative estimate of drug-likeness (QED) is 0.319. The monoisotopic (exact) mass is 445 g/mol. The van der Waals surface area contributed by atoms with Gasteiger partial charge in [-0.2, -0.15) is 0 Å². The molecule has 0 aliphatic heterocycles. The van der Waals surface area contributed by atoms with E-state index in [4.69, 9.17) is 14.7 Å². The van der Waals surface area contributed by atoms with Crippen LogP contribution in [-0.4, -0.2) is 28.2 Å². The number of aromatic nitrogens is 2. The Balaban J connectivity index is 1.76. The van der Waals surface area contributed by atoms with E-state index in [0.29, 0.717) is 12.2 Å². The van der Waals surface area contributed by atoms with E-state index in [2.05, 4.69) is 18.8 Å². The zero-order valence-electron chi connectivity index (χ0n) is 17.9. The maximum atomic E-state index is 11.2. The van der Waals surface area contributed by atoms with Crippen LogP contribution in [0.2, 0.25) is 0 Å². The average molecular weight is 446 g/mol. The highest BCUT2D eigenvalue weighted by Gasteiger charge is 2.16. The molecule has 162 valence electrons. The molecular formula is C25H23N3O3S. The topological polar surface area (TPSA) is 84.3 Å². The summed E-state index contributed by atoms with van der Waals surface area (Å²) in [5.74, 6) is 1.23. The van der Waals surface area contributed by atoms with Crippen LogP contribution in [-0.2, 0) is 12.8 Å². The van der Waals surface area contributed by atoms with Crippen LogP contribution in [0.3, 0.4) is 0 Å². The van der Waals surface area contributed by atoms with Gasteiger partial charge in [0, 0.05) is 28.4 Å². The molecule has 7 heteroatoms. The van der Waals surface area contributed by atoms with Crippen LogP contribution in [0.15, 0.2) is 60.5 Å². The highest BCUT2D eigenvalue weighted by atomic mass is 32.1. The summed E-state index contributed by atoms with van der Waals surface area (Å²) in [6.45, 7) is 5.97.